The van der Waals surface area contributed by atoms with Crippen LogP contribution in [-0.2, 0) is 14.4 Å². The molecule has 0 spiro atoms. The number of carbonyl (C=O) groups excluding carboxylic acids is 1. The number of rotatable bonds is 1. The largest absolute Gasteiger partial charge is 0.468 e. The third kappa shape index (κ3) is 1.46. The van der Waals surface area contributed by atoms with Gasteiger partial charge in [-0.3, -0.25) is 15.0 Å². The molecule has 3 rings (SSSR count). The number of nitrogens with zero attached hydrogens (tertiary/aromatic N) is 2. The Morgan fingerprint density at radius 3 is 3.11 bits per heavy atom. The van der Waals surface area contributed by atoms with Gasteiger partial charge >= 0.3 is 5.97 Å². The van der Waals surface area contributed by atoms with Crippen LogP contribution in [0.5, 0.6) is 0 Å². The van der Waals surface area contributed by atoms with Crippen molar-refractivity contribution in [2.24, 2.45) is 0 Å². The minimum atomic E-state index is -1.37. The topological polar surface area (TPSA) is 74.5 Å². The summed E-state index contributed by atoms with van der Waals surface area (Å²) in [7, 11) is 1.27. The average molecular weight is 260 g/mol. The molecule has 1 aliphatic carbocycles. The van der Waals surface area contributed by atoms with E-state index in [-0.39, 0.29) is 0 Å². The Kier molecular flexibility index (Phi) is 2.35. The van der Waals surface area contributed by atoms with Gasteiger partial charge in [0.05, 0.1) is 12.8 Å². The maximum atomic E-state index is 12.0. The molecule has 1 aliphatic heterocycles. The molecule has 1 aromatic rings. The molecule has 1 aromatic heterocycles. The number of carbonyl (C=O) groups is 1. The van der Waals surface area contributed by atoms with Crippen molar-refractivity contribution in [3.05, 3.63) is 40.9 Å². The number of aromatic nitrogens is 1. The molecule has 2 heterocycles. The SMILES string of the molecule is COC(=O)C1(C)O[N+]([O-])=C2C=Cc3ncccc3C21. The second-order valence-electron chi connectivity index (χ2n) is 4.62. The molecule has 2 unspecified atom stereocenters. The highest BCUT2D eigenvalue weighted by Crippen LogP contribution is 2.42. The van der Waals surface area contributed by atoms with Gasteiger partial charge in [-0.05, 0) is 24.6 Å². The van der Waals surface area contributed by atoms with Gasteiger partial charge in [0.25, 0.3) is 5.71 Å². The fraction of sp³-hybridized carbons (Fsp3) is 0.308. The number of ether oxygens (including phenoxy) is 1. The number of hydrogen-bond acceptors (Lipinski definition) is 5. The summed E-state index contributed by atoms with van der Waals surface area (Å²) in [4.78, 5) is 21.8. The maximum Gasteiger partial charge on any atom is 0.329 e. The summed E-state index contributed by atoms with van der Waals surface area (Å²) in [6.07, 6.45) is 5.02. The first-order chi connectivity index (χ1) is 9.08. The zero-order valence-electron chi connectivity index (χ0n) is 10.5. The first kappa shape index (κ1) is 11.7. The van der Waals surface area contributed by atoms with Gasteiger partial charge in [0.2, 0.25) is 0 Å². The number of allylic oxidation sites excluding steroid dienone is 1. The van der Waals surface area contributed by atoms with Crippen molar-refractivity contribution < 1.29 is 19.3 Å². The van der Waals surface area contributed by atoms with E-state index in [2.05, 4.69) is 4.98 Å². The molecule has 2 atom stereocenters. The van der Waals surface area contributed by atoms with Crippen molar-refractivity contribution in [1.82, 2.24) is 4.98 Å². The fourth-order valence-electron chi connectivity index (χ4n) is 2.61. The van der Waals surface area contributed by atoms with Crippen molar-refractivity contribution in [3.63, 3.8) is 0 Å². The minimum Gasteiger partial charge on any atom is -0.468 e. The average Bonchev–Trinajstić information content (AvgIpc) is 2.71. The molecule has 0 saturated heterocycles. The molecule has 2 aliphatic rings. The summed E-state index contributed by atoms with van der Waals surface area (Å²) in [5.74, 6) is -1.09. The summed E-state index contributed by atoms with van der Waals surface area (Å²) in [6.45, 7) is 1.55. The summed E-state index contributed by atoms with van der Waals surface area (Å²) < 4.78 is 4.76. The predicted octanol–water partition coefficient (Wildman–Crippen LogP) is 1.02. The van der Waals surface area contributed by atoms with Crippen LogP contribution in [-0.4, -0.2) is 34.3 Å². The van der Waals surface area contributed by atoms with E-state index >= 15 is 0 Å². The minimum absolute atomic E-state index is 0.383. The van der Waals surface area contributed by atoms with Crippen LogP contribution in [0.4, 0.5) is 0 Å². The molecule has 0 amide bonds. The molecule has 6 nitrogen and oxygen atoms in total. The maximum absolute atomic E-state index is 12.0. The van der Waals surface area contributed by atoms with Crippen molar-refractivity contribution in [3.8, 4) is 0 Å². The van der Waals surface area contributed by atoms with Crippen LogP contribution in [0.1, 0.15) is 24.1 Å². The third-order valence-electron chi connectivity index (χ3n) is 3.51. The highest BCUT2D eigenvalue weighted by atomic mass is 16.9. The van der Waals surface area contributed by atoms with Gasteiger partial charge in [0, 0.05) is 17.2 Å². The van der Waals surface area contributed by atoms with Crippen molar-refractivity contribution in [1.29, 1.82) is 0 Å². The summed E-state index contributed by atoms with van der Waals surface area (Å²) >= 11 is 0. The lowest BCUT2D eigenvalue weighted by Gasteiger charge is -2.29. The van der Waals surface area contributed by atoms with E-state index in [1.807, 2.05) is 6.07 Å². The van der Waals surface area contributed by atoms with Crippen molar-refractivity contribution in [2.45, 2.75) is 18.4 Å². The Labute approximate surface area is 109 Å². The molecule has 6 heteroatoms. The number of pyridine rings is 1. The van der Waals surface area contributed by atoms with Gasteiger partial charge in [-0.15, -0.1) is 0 Å². The molecule has 0 N–H and O–H groups in total. The van der Waals surface area contributed by atoms with Crippen LogP contribution in [0.15, 0.2) is 24.4 Å². The van der Waals surface area contributed by atoms with Gasteiger partial charge in [0.15, 0.2) is 5.60 Å². The summed E-state index contributed by atoms with van der Waals surface area (Å²) in [5, 5.41) is 11.8. The second-order valence-corrected chi connectivity index (χ2v) is 4.62. The highest BCUT2D eigenvalue weighted by Gasteiger charge is 2.56. The summed E-state index contributed by atoms with van der Waals surface area (Å²) in [5.41, 5.74) is 0.527. The van der Waals surface area contributed by atoms with E-state index in [9.17, 15) is 10.0 Å². The standard InChI is InChI=1S/C13H12N2O4/c1-13(12(16)18-2)11-8-4-3-7-14-9(8)5-6-10(11)15(17)19-13/h3-7,11H,1-2H3. The van der Waals surface area contributed by atoms with E-state index in [4.69, 9.17) is 9.57 Å². The van der Waals surface area contributed by atoms with Gasteiger partial charge < -0.3 is 9.57 Å². The van der Waals surface area contributed by atoms with Crippen molar-refractivity contribution in [2.75, 3.05) is 7.11 Å². The van der Waals surface area contributed by atoms with Crippen LogP contribution in [0.3, 0.4) is 0 Å². The van der Waals surface area contributed by atoms with Crippen LogP contribution in [0.2, 0.25) is 0 Å². The van der Waals surface area contributed by atoms with Gasteiger partial charge in [0.1, 0.15) is 5.92 Å². The Morgan fingerprint density at radius 2 is 2.37 bits per heavy atom. The lowest BCUT2D eigenvalue weighted by atomic mass is 9.77. The monoisotopic (exact) mass is 260 g/mol. The Morgan fingerprint density at radius 1 is 1.58 bits per heavy atom. The van der Waals surface area contributed by atoms with E-state index < -0.39 is 17.5 Å². The Hall–Kier alpha value is -2.37. The van der Waals surface area contributed by atoms with Gasteiger partial charge in [-0.25, -0.2) is 0 Å². The molecule has 0 fully saturated rings. The number of esters is 1. The fourth-order valence-corrected chi connectivity index (χ4v) is 2.61. The predicted molar refractivity (Wildman–Crippen MR) is 66.2 cm³/mol. The summed E-state index contributed by atoms with van der Waals surface area (Å²) in [6, 6.07) is 3.60. The normalized spacial score (nSPS) is 27.6. The zero-order chi connectivity index (χ0) is 13.6. The van der Waals surface area contributed by atoms with Crippen LogP contribution >= 0.6 is 0 Å². The molecule has 19 heavy (non-hydrogen) atoms. The molecule has 0 saturated carbocycles. The van der Waals surface area contributed by atoms with Crippen molar-refractivity contribution >= 4 is 17.8 Å². The van der Waals surface area contributed by atoms with Crippen LogP contribution < -0.4 is 0 Å². The molecule has 0 radical (unpaired) electrons. The molecule has 0 bridgehead atoms. The third-order valence-corrected chi connectivity index (χ3v) is 3.51. The lowest BCUT2D eigenvalue weighted by molar-refractivity contribution is -0.747. The molecule has 98 valence electrons. The molecular formula is C13H12N2O4. The zero-order valence-corrected chi connectivity index (χ0v) is 10.5. The van der Waals surface area contributed by atoms with Crippen LogP contribution in [0.25, 0.3) is 6.08 Å². The number of hydrogen-bond donors (Lipinski definition) is 0. The Balaban J connectivity index is 2.19. The smallest absolute Gasteiger partial charge is 0.329 e. The van der Waals surface area contributed by atoms with E-state index in [0.29, 0.717) is 10.6 Å². The number of fused-ring (bicyclic) bond motifs is 3. The van der Waals surface area contributed by atoms with E-state index in [1.54, 1.807) is 31.3 Å². The number of methoxy groups -OCH3 is 1. The van der Waals surface area contributed by atoms with Gasteiger partial charge in [-0.1, -0.05) is 6.07 Å². The Bertz CT molecular complexity index is 623. The van der Waals surface area contributed by atoms with E-state index in [0.717, 1.165) is 11.3 Å². The second kappa shape index (κ2) is 3.81. The first-order valence-electron chi connectivity index (χ1n) is 5.82. The first-order valence-corrected chi connectivity index (χ1v) is 5.82. The molecule has 0 aromatic carbocycles. The van der Waals surface area contributed by atoms with Crippen LogP contribution in [0, 0.1) is 5.21 Å². The highest BCUT2D eigenvalue weighted by molar-refractivity contribution is 6.07. The molecular weight excluding hydrogens is 248 g/mol. The van der Waals surface area contributed by atoms with E-state index in [1.165, 1.54) is 7.11 Å². The quantitative estimate of drug-likeness (QED) is 0.556. The van der Waals surface area contributed by atoms with Gasteiger partial charge in [-0.2, -0.15) is 0 Å². The lowest BCUT2D eigenvalue weighted by Crippen LogP contribution is -2.44.